The van der Waals surface area contributed by atoms with Crippen LogP contribution in [0.4, 0.5) is 0 Å². The second kappa shape index (κ2) is 2.74. The van der Waals surface area contributed by atoms with E-state index in [1.807, 2.05) is 0 Å². The zero-order valence-corrected chi connectivity index (χ0v) is 9.65. The molecule has 2 fully saturated rings. The molecule has 0 N–H and O–H groups in total. The maximum Gasteiger partial charge on any atom is 0.164 e. The Morgan fingerprint density at radius 2 is 2.14 bits per heavy atom. The van der Waals surface area contributed by atoms with Crippen molar-refractivity contribution < 1.29 is 4.79 Å². The summed E-state index contributed by atoms with van der Waals surface area (Å²) >= 11 is 4.60. The molecule has 0 aliphatic heterocycles. The molecular formula is C11H15NOS. The molecule has 0 radical (unpaired) electrons. The molecule has 2 bridgehead atoms. The molecule has 0 unspecified atom stereocenters. The Labute approximate surface area is 89.8 Å². The van der Waals surface area contributed by atoms with Gasteiger partial charge in [0.2, 0.25) is 0 Å². The number of nitrogens with zero attached hydrogens (tertiary/aromatic N) is 1. The van der Waals surface area contributed by atoms with Gasteiger partial charge >= 0.3 is 0 Å². The Morgan fingerprint density at radius 3 is 2.57 bits per heavy atom. The van der Waals surface area contributed by atoms with E-state index >= 15 is 0 Å². The second-order valence-corrected chi connectivity index (χ2v) is 5.41. The van der Waals surface area contributed by atoms with Crippen molar-refractivity contribution in [2.45, 2.75) is 39.7 Å². The van der Waals surface area contributed by atoms with E-state index in [4.69, 9.17) is 0 Å². The molecule has 0 spiro atoms. The first-order valence-electron chi connectivity index (χ1n) is 5.06. The highest BCUT2D eigenvalue weighted by molar-refractivity contribution is 7.78. The summed E-state index contributed by atoms with van der Waals surface area (Å²) in [6.45, 7) is 6.44. The highest BCUT2D eigenvalue weighted by Gasteiger charge is 2.66. The third-order valence-corrected chi connectivity index (χ3v) is 4.80. The molecular weight excluding hydrogens is 194 g/mol. The number of carbonyl (C=O) groups is 1. The fraction of sp³-hybridized carbons (Fsp3) is 0.818. The van der Waals surface area contributed by atoms with Gasteiger partial charge in [0.25, 0.3) is 0 Å². The zero-order valence-electron chi connectivity index (χ0n) is 8.83. The number of hydrogen-bond acceptors (Lipinski definition) is 3. The molecule has 2 rings (SSSR count). The Kier molecular flexibility index (Phi) is 1.96. The zero-order chi connectivity index (χ0) is 10.6. The fourth-order valence-electron chi connectivity index (χ4n) is 3.24. The van der Waals surface area contributed by atoms with Crippen molar-refractivity contribution in [3.63, 3.8) is 0 Å². The number of ketones is 1. The van der Waals surface area contributed by atoms with Gasteiger partial charge in [0.1, 0.15) is 6.04 Å². The van der Waals surface area contributed by atoms with Gasteiger partial charge in [-0.25, -0.2) is 4.99 Å². The maximum absolute atomic E-state index is 12.1. The standard InChI is InChI=1S/C11H15NOS/c1-10(2)7-4-5-11(10,3)9(13)8(7)12-6-14/h7-8H,4-5H2,1-3H3/t7-,8-,11-/m1/s1. The first-order chi connectivity index (χ1) is 6.45. The number of rotatable bonds is 1. The molecule has 0 saturated heterocycles. The quantitative estimate of drug-likeness (QED) is 0.490. The van der Waals surface area contributed by atoms with E-state index in [2.05, 4.69) is 43.1 Å². The summed E-state index contributed by atoms with van der Waals surface area (Å²) in [4.78, 5) is 16.2. The number of carbonyl (C=O) groups excluding carboxylic acids is 1. The molecule has 2 saturated carbocycles. The predicted octanol–water partition coefficient (Wildman–Crippen LogP) is 2.48. The van der Waals surface area contributed by atoms with Gasteiger partial charge < -0.3 is 0 Å². The fourth-order valence-corrected chi connectivity index (χ4v) is 3.36. The average Bonchev–Trinajstić information content (AvgIpc) is 2.41. The lowest BCUT2D eigenvalue weighted by Crippen LogP contribution is -2.34. The van der Waals surface area contributed by atoms with Crippen LogP contribution in [-0.2, 0) is 4.79 Å². The van der Waals surface area contributed by atoms with E-state index in [1.165, 1.54) is 0 Å². The van der Waals surface area contributed by atoms with Crippen LogP contribution in [0, 0.1) is 16.7 Å². The number of fused-ring (bicyclic) bond motifs is 2. The topological polar surface area (TPSA) is 29.4 Å². The van der Waals surface area contributed by atoms with E-state index in [9.17, 15) is 4.79 Å². The van der Waals surface area contributed by atoms with Gasteiger partial charge in [-0.1, -0.05) is 20.8 Å². The van der Waals surface area contributed by atoms with Crippen molar-refractivity contribution in [2.75, 3.05) is 0 Å². The smallest absolute Gasteiger partial charge is 0.164 e. The van der Waals surface area contributed by atoms with Crippen molar-refractivity contribution in [3.8, 4) is 0 Å². The van der Waals surface area contributed by atoms with Crippen molar-refractivity contribution in [3.05, 3.63) is 0 Å². The average molecular weight is 209 g/mol. The summed E-state index contributed by atoms with van der Waals surface area (Å²) in [5, 5.41) is 2.37. The normalized spacial score (nSPS) is 43.8. The van der Waals surface area contributed by atoms with Crippen molar-refractivity contribution in [2.24, 2.45) is 21.7 Å². The molecule has 2 aliphatic rings. The number of Topliss-reactive ketones (excluding diaryl/α,β-unsaturated/α-hetero) is 1. The lowest BCUT2D eigenvalue weighted by atomic mass is 9.70. The molecule has 0 aromatic rings. The molecule has 0 heterocycles. The Bertz CT molecular complexity index is 343. The van der Waals surface area contributed by atoms with Crippen molar-refractivity contribution in [1.82, 2.24) is 0 Å². The number of thiocarbonyl (C=S) groups is 1. The van der Waals surface area contributed by atoms with Gasteiger partial charge in [-0.3, -0.25) is 4.79 Å². The molecule has 0 amide bonds. The molecule has 76 valence electrons. The van der Waals surface area contributed by atoms with Gasteiger partial charge in [0.05, 0.1) is 5.16 Å². The van der Waals surface area contributed by atoms with Crippen LogP contribution in [0.1, 0.15) is 33.6 Å². The third kappa shape index (κ3) is 0.896. The monoisotopic (exact) mass is 209 g/mol. The number of hydrogen-bond donors (Lipinski definition) is 0. The van der Waals surface area contributed by atoms with Crippen LogP contribution in [-0.4, -0.2) is 17.0 Å². The minimum Gasteiger partial charge on any atom is -0.297 e. The van der Waals surface area contributed by atoms with E-state index in [-0.39, 0.29) is 22.7 Å². The summed E-state index contributed by atoms with van der Waals surface area (Å²) in [5.74, 6) is 0.645. The lowest BCUT2D eigenvalue weighted by molar-refractivity contribution is -0.129. The van der Waals surface area contributed by atoms with E-state index in [0.717, 1.165) is 12.8 Å². The molecule has 0 aromatic heterocycles. The largest absolute Gasteiger partial charge is 0.297 e. The minimum absolute atomic E-state index is 0.0738. The predicted molar refractivity (Wildman–Crippen MR) is 58.4 cm³/mol. The Balaban J connectivity index is 2.49. The molecule has 0 aromatic carbocycles. The van der Waals surface area contributed by atoms with Crippen LogP contribution in [0.3, 0.4) is 0 Å². The van der Waals surface area contributed by atoms with E-state index < -0.39 is 0 Å². The van der Waals surface area contributed by atoms with Crippen LogP contribution in [0.2, 0.25) is 0 Å². The molecule has 3 heteroatoms. The first-order valence-corrected chi connectivity index (χ1v) is 5.47. The number of aliphatic imine (C=N–C) groups is 1. The molecule has 2 nitrogen and oxygen atoms in total. The second-order valence-electron chi connectivity index (χ2n) is 5.23. The Morgan fingerprint density at radius 1 is 1.50 bits per heavy atom. The maximum atomic E-state index is 12.1. The van der Waals surface area contributed by atoms with Crippen LogP contribution in [0.25, 0.3) is 0 Å². The van der Waals surface area contributed by atoms with Crippen LogP contribution < -0.4 is 0 Å². The van der Waals surface area contributed by atoms with Crippen LogP contribution in [0.5, 0.6) is 0 Å². The molecule has 14 heavy (non-hydrogen) atoms. The third-order valence-electron chi connectivity index (χ3n) is 4.69. The Hall–Kier alpha value is -0.530. The number of isothiocyanates is 1. The van der Waals surface area contributed by atoms with E-state index in [0.29, 0.717) is 5.92 Å². The van der Waals surface area contributed by atoms with Gasteiger partial charge in [0.15, 0.2) is 5.78 Å². The van der Waals surface area contributed by atoms with Crippen LogP contribution in [0.15, 0.2) is 4.99 Å². The summed E-state index contributed by atoms with van der Waals surface area (Å²) in [5.41, 5.74) is -0.109. The molecule has 2 aliphatic carbocycles. The van der Waals surface area contributed by atoms with Crippen molar-refractivity contribution >= 4 is 23.2 Å². The molecule has 3 atom stereocenters. The highest BCUT2D eigenvalue weighted by atomic mass is 32.1. The van der Waals surface area contributed by atoms with Gasteiger partial charge in [-0.05, 0) is 36.4 Å². The summed E-state index contributed by atoms with van der Waals surface area (Å²) in [6.07, 6.45) is 2.10. The van der Waals surface area contributed by atoms with Gasteiger partial charge in [-0.2, -0.15) is 0 Å². The SMILES string of the molecule is CC1(C)[C@@H]2CC[C@]1(C)C(=O)[C@@H]2N=C=S. The van der Waals surface area contributed by atoms with Gasteiger partial charge in [-0.15, -0.1) is 0 Å². The van der Waals surface area contributed by atoms with Gasteiger partial charge in [0, 0.05) is 5.41 Å². The first kappa shape index (κ1) is 10.0. The summed E-state index contributed by atoms with van der Waals surface area (Å²) < 4.78 is 0. The summed E-state index contributed by atoms with van der Waals surface area (Å²) in [7, 11) is 0. The van der Waals surface area contributed by atoms with Crippen LogP contribution >= 0.6 is 12.2 Å². The van der Waals surface area contributed by atoms with Crippen molar-refractivity contribution in [1.29, 1.82) is 0 Å². The lowest BCUT2D eigenvalue weighted by Gasteiger charge is -2.31. The van der Waals surface area contributed by atoms with E-state index in [1.54, 1.807) is 0 Å². The highest BCUT2D eigenvalue weighted by Crippen LogP contribution is 2.64. The summed E-state index contributed by atoms with van der Waals surface area (Å²) in [6, 6.07) is -0.207. The minimum atomic E-state index is -0.207.